The Morgan fingerprint density at radius 3 is 2.74 bits per heavy atom. The summed E-state index contributed by atoms with van der Waals surface area (Å²) in [7, 11) is 0. The van der Waals surface area contributed by atoms with Gasteiger partial charge in [0.05, 0.1) is 5.69 Å². The van der Waals surface area contributed by atoms with Gasteiger partial charge in [-0.25, -0.2) is 4.39 Å². The van der Waals surface area contributed by atoms with Crippen LogP contribution < -0.4 is 9.64 Å². The number of carbonyl (C=O) groups is 1. The van der Waals surface area contributed by atoms with Crippen molar-refractivity contribution in [3.05, 3.63) is 59.9 Å². The van der Waals surface area contributed by atoms with Crippen LogP contribution in [0.1, 0.15) is 18.7 Å². The van der Waals surface area contributed by atoms with Gasteiger partial charge in [0.15, 0.2) is 5.69 Å². The zero-order valence-corrected chi connectivity index (χ0v) is 15.4. The summed E-state index contributed by atoms with van der Waals surface area (Å²) >= 11 is 1.33. The average molecular weight is 382 g/mol. The minimum atomic E-state index is -0.882. The molecule has 3 aromatic rings. The molecule has 1 atom stereocenters. The smallest absolute Gasteiger partial charge is 0.247 e. The molecule has 4 rings (SSSR count). The molecule has 0 saturated carbocycles. The van der Waals surface area contributed by atoms with Crippen LogP contribution in [0.5, 0.6) is 5.88 Å². The van der Waals surface area contributed by atoms with Crippen LogP contribution >= 0.6 is 11.8 Å². The first kappa shape index (κ1) is 17.4. The van der Waals surface area contributed by atoms with Gasteiger partial charge in [0.25, 0.3) is 0 Å². The molecule has 136 valence electrons. The van der Waals surface area contributed by atoms with Gasteiger partial charge in [-0.2, -0.15) is 4.98 Å². The van der Waals surface area contributed by atoms with Gasteiger partial charge in [-0.05, 0) is 24.5 Å². The Morgan fingerprint density at radius 1 is 1.19 bits per heavy atom. The van der Waals surface area contributed by atoms with Gasteiger partial charge in [-0.15, -0.1) is 10.2 Å². The number of aromatic nitrogens is 3. The molecule has 1 aliphatic heterocycles. The molecule has 1 aromatic heterocycles. The van der Waals surface area contributed by atoms with E-state index >= 15 is 0 Å². The molecule has 0 spiro atoms. The van der Waals surface area contributed by atoms with Crippen LogP contribution in [0.4, 0.5) is 10.1 Å². The van der Waals surface area contributed by atoms with Crippen molar-refractivity contribution in [2.45, 2.75) is 18.3 Å². The zero-order valence-electron chi connectivity index (χ0n) is 14.6. The number of ether oxygens (including phenoxy) is 1. The Kier molecular flexibility index (Phi) is 4.49. The molecule has 0 bridgehead atoms. The molecule has 27 heavy (non-hydrogen) atoms. The summed E-state index contributed by atoms with van der Waals surface area (Å²) in [4.78, 5) is 18.4. The van der Waals surface area contributed by atoms with Crippen molar-refractivity contribution >= 4 is 23.4 Å². The molecular weight excluding hydrogens is 367 g/mol. The van der Waals surface area contributed by atoms with Crippen LogP contribution in [0.2, 0.25) is 0 Å². The van der Waals surface area contributed by atoms with E-state index in [0.717, 1.165) is 0 Å². The van der Waals surface area contributed by atoms with Crippen molar-refractivity contribution in [3.8, 4) is 17.1 Å². The van der Waals surface area contributed by atoms with E-state index in [2.05, 4.69) is 15.2 Å². The summed E-state index contributed by atoms with van der Waals surface area (Å²) in [6.07, 6.45) is 0.951. The third-order valence-corrected chi connectivity index (χ3v) is 4.71. The van der Waals surface area contributed by atoms with Crippen LogP contribution in [-0.2, 0) is 4.79 Å². The number of benzene rings is 2. The number of fused-ring (bicyclic) bond motifs is 3. The summed E-state index contributed by atoms with van der Waals surface area (Å²) in [5.74, 6) is -0.412. The number of hydrogen-bond donors (Lipinski definition) is 0. The van der Waals surface area contributed by atoms with Gasteiger partial charge in [-0.1, -0.05) is 42.1 Å². The standard InChI is InChI=1S/C19H15FN4O2S/c1-11(25)24-15-9-4-3-8-14(15)16-17(21-19(27-2)23-22-16)26-18(24)12-6-5-7-13(20)10-12/h3-10,18H,1-2H3/t18-/m1/s1. The van der Waals surface area contributed by atoms with Crippen molar-refractivity contribution in [1.29, 1.82) is 0 Å². The second-order valence-electron chi connectivity index (χ2n) is 5.88. The molecule has 8 heteroatoms. The zero-order chi connectivity index (χ0) is 19.0. The van der Waals surface area contributed by atoms with E-state index in [1.54, 1.807) is 18.2 Å². The molecule has 0 aliphatic carbocycles. The molecule has 0 unspecified atom stereocenters. The minimum absolute atomic E-state index is 0.248. The maximum absolute atomic E-state index is 13.9. The summed E-state index contributed by atoms with van der Waals surface area (Å²) < 4.78 is 20.0. The first-order valence-corrected chi connectivity index (χ1v) is 9.41. The third-order valence-electron chi connectivity index (χ3n) is 4.17. The number of amides is 1. The molecule has 0 radical (unpaired) electrons. The van der Waals surface area contributed by atoms with E-state index in [9.17, 15) is 9.18 Å². The number of halogens is 1. The summed E-state index contributed by atoms with van der Waals surface area (Å²) in [5.41, 5.74) is 2.21. The predicted octanol–water partition coefficient (Wildman–Crippen LogP) is 3.84. The average Bonchev–Trinajstić information content (AvgIpc) is 2.82. The lowest BCUT2D eigenvalue weighted by atomic mass is 10.1. The number of para-hydroxylation sites is 1. The van der Waals surface area contributed by atoms with Crippen molar-refractivity contribution < 1.29 is 13.9 Å². The normalized spacial score (nSPS) is 15.4. The minimum Gasteiger partial charge on any atom is -0.447 e. The number of carbonyl (C=O) groups excluding carboxylic acids is 1. The lowest BCUT2D eigenvalue weighted by molar-refractivity contribution is -0.118. The first-order valence-electron chi connectivity index (χ1n) is 8.18. The Bertz CT molecular complexity index is 1030. The summed E-state index contributed by atoms with van der Waals surface area (Å²) in [6, 6.07) is 13.3. The second-order valence-corrected chi connectivity index (χ2v) is 6.66. The maximum Gasteiger partial charge on any atom is 0.247 e. The van der Waals surface area contributed by atoms with Crippen LogP contribution in [-0.4, -0.2) is 27.3 Å². The number of hydrogen-bond acceptors (Lipinski definition) is 6. The van der Waals surface area contributed by atoms with E-state index in [1.165, 1.54) is 35.7 Å². The predicted molar refractivity (Wildman–Crippen MR) is 100.0 cm³/mol. The highest BCUT2D eigenvalue weighted by Gasteiger charge is 2.34. The summed E-state index contributed by atoms with van der Waals surface area (Å²) in [5, 5.41) is 8.80. The molecule has 6 nitrogen and oxygen atoms in total. The molecule has 1 aliphatic rings. The lowest BCUT2D eigenvalue weighted by Crippen LogP contribution is -2.36. The largest absolute Gasteiger partial charge is 0.447 e. The SMILES string of the molecule is CSc1nnc2c(n1)O[C@H](c1cccc(F)c1)N(C(C)=O)c1ccccc1-2. The van der Waals surface area contributed by atoms with Crippen molar-refractivity contribution in [2.24, 2.45) is 0 Å². The van der Waals surface area contributed by atoms with E-state index in [-0.39, 0.29) is 11.8 Å². The highest BCUT2D eigenvalue weighted by molar-refractivity contribution is 7.98. The molecular formula is C19H15FN4O2S. The monoisotopic (exact) mass is 382 g/mol. The number of thioether (sulfide) groups is 1. The maximum atomic E-state index is 13.9. The molecule has 0 N–H and O–H groups in total. The van der Waals surface area contributed by atoms with Gasteiger partial charge >= 0.3 is 0 Å². The van der Waals surface area contributed by atoms with Gasteiger partial charge < -0.3 is 4.74 Å². The topological polar surface area (TPSA) is 68.2 Å². The van der Waals surface area contributed by atoms with Gasteiger partial charge in [0, 0.05) is 18.1 Å². The molecule has 0 fully saturated rings. The highest BCUT2D eigenvalue weighted by Crippen LogP contribution is 2.43. The van der Waals surface area contributed by atoms with Crippen LogP contribution in [0.25, 0.3) is 11.3 Å². The van der Waals surface area contributed by atoms with Gasteiger partial charge in [0.2, 0.25) is 23.2 Å². The van der Waals surface area contributed by atoms with E-state index in [1.807, 2.05) is 24.5 Å². The summed E-state index contributed by atoms with van der Waals surface area (Å²) in [6.45, 7) is 1.44. The Morgan fingerprint density at radius 2 is 2.00 bits per heavy atom. The lowest BCUT2D eigenvalue weighted by Gasteiger charge is -2.29. The fourth-order valence-electron chi connectivity index (χ4n) is 3.02. The second kappa shape index (κ2) is 6.96. The molecule has 2 aromatic carbocycles. The number of anilines is 1. The van der Waals surface area contributed by atoms with Crippen molar-refractivity contribution in [3.63, 3.8) is 0 Å². The number of nitrogens with zero attached hydrogens (tertiary/aromatic N) is 4. The third kappa shape index (κ3) is 3.12. The van der Waals surface area contributed by atoms with E-state index < -0.39 is 12.0 Å². The van der Waals surface area contributed by atoms with Crippen molar-refractivity contribution in [2.75, 3.05) is 11.2 Å². The Balaban J connectivity index is 1.98. The number of rotatable bonds is 2. The first-order chi connectivity index (χ1) is 13.1. The van der Waals surface area contributed by atoms with Gasteiger partial charge in [0.1, 0.15) is 5.82 Å². The fourth-order valence-corrected chi connectivity index (χ4v) is 3.31. The molecule has 1 amide bonds. The quantitative estimate of drug-likeness (QED) is 0.627. The van der Waals surface area contributed by atoms with Crippen LogP contribution in [0.15, 0.2) is 53.7 Å². The van der Waals surface area contributed by atoms with Crippen LogP contribution in [0, 0.1) is 5.82 Å². The van der Waals surface area contributed by atoms with E-state index in [0.29, 0.717) is 27.7 Å². The Labute approximate surface area is 159 Å². The molecule has 0 saturated heterocycles. The van der Waals surface area contributed by atoms with Crippen LogP contribution in [0.3, 0.4) is 0 Å². The highest BCUT2D eigenvalue weighted by atomic mass is 32.2. The van der Waals surface area contributed by atoms with E-state index in [4.69, 9.17) is 4.74 Å². The van der Waals surface area contributed by atoms with Gasteiger partial charge in [-0.3, -0.25) is 9.69 Å². The Hall–Kier alpha value is -3.00. The molecule has 2 heterocycles. The fraction of sp³-hybridized carbons (Fsp3) is 0.158. The van der Waals surface area contributed by atoms with Crippen molar-refractivity contribution in [1.82, 2.24) is 15.2 Å².